The van der Waals surface area contributed by atoms with E-state index in [2.05, 4.69) is 17.5 Å². The predicted molar refractivity (Wildman–Crippen MR) is 71.8 cm³/mol. The van der Waals surface area contributed by atoms with Gasteiger partial charge >= 0.3 is 0 Å². The molecule has 0 aromatic carbocycles. The van der Waals surface area contributed by atoms with E-state index in [-0.39, 0.29) is 0 Å². The monoisotopic (exact) mass is 237 g/mol. The first-order chi connectivity index (χ1) is 7.86. The molecular weight excluding hydrogens is 214 g/mol. The average molecular weight is 237 g/mol. The van der Waals surface area contributed by atoms with Gasteiger partial charge in [0.25, 0.3) is 0 Å². The normalized spacial score (nSPS) is 21.3. The van der Waals surface area contributed by atoms with Gasteiger partial charge in [0.05, 0.1) is 0 Å². The Morgan fingerprint density at radius 2 is 1.88 bits per heavy atom. The minimum absolute atomic E-state index is 0.386. The fraction of sp³-hybridized carbons (Fsp3) is 0.714. The second kappa shape index (κ2) is 6.41. The highest BCUT2D eigenvalue weighted by atomic mass is 32.1. The van der Waals surface area contributed by atoms with E-state index in [4.69, 9.17) is 5.73 Å². The quantitative estimate of drug-likeness (QED) is 0.845. The van der Waals surface area contributed by atoms with Gasteiger partial charge in [-0.1, -0.05) is 38.2 Å². The average Bonchev–Trinajstić information content (AvgIpc) is 2.69. The van der Waals surface area contributed by atoms with Crippen molar-refractivity contribution in [2.45, 2.75) is 57.4 Å². The summed E-state index contributed by atoms with van der Waals surface area (Å²) in [6.45, 7) is 0. The number of hydrogen-bond donors (Lipinski definition) is 1. The molecule has 0 amide bonds. The molecule has 1 nitrogen and oxygen atoms in total. The molecule has 2 heteroatoms. The standard InChI is InChI=1S/C14H23NS/c15-14(11-13-9-6-10-16-13)12-7-4-2-1-3-5-8-12/h6,9-10,12,14H,1-5,7-8,11,15H2. The van der Waals surface area contributed by atoms with E-state index in [0.29, 0.717) is 6.04 Å². The third kappa shape index (κ3) is 3.60. The molecule has 90 valence electrons. The molecule has 16 heavy (non-hydrogen) atoms. The molecule has 1 atom stereocenters. The van der Waals surface area contributed by atoms with Crippen LogP contribution in [0.15, 0.2) is 17.5 Å². The van der Waals surface area contributed by atoms with Gasteiger partial charge in [-0.05, 0) is 36.6 Å². The minimum Gasteiger partial charge on any atom is -0.327 e. The largest absolute Gasteiger partial charge is 0.327 e. The fourth-order valence-corrected chi connectivity index (χ4v) is 3.52. The van der Waals surface area contributed by atoms with Crippen LogP contribution in [-0.4, -0.2) is 6.04 Å². The van der Waals surface area contributed by atoms with E-state index in [0.717, 1.165) is 12.3 Å². The Bertz CT molecular complexity index is 273. The van der Waals surface area contributed by atoms with Crippen molar-refractivity contribution in [2.24, 2.45) is 11.7 Å². The zero-order chi connectivity index (χ0) is 11.2. The first-order valence-electron chi connectivity index (χ1n) is 6.64. The van der Waals surface area contributed by atoms with Gasteiger partial charge in [-0.25, -0.2) is 0 Å². The summed E-state index contributed by atoms with van der Waals surface area (Å²) >= 11 is 1.84. The summed E-state index contributed by atoms with van der Waals surface area (Å²) in [6.07, 6.45) is 10.9. The van der Waals surface area contributed by atoms with E-state index >= 15 is 0 Å². The van der Waals surface area contributed by atoms with Crippen molar-refractivity contribution in [1.29, 1.82) is 0 Å². The van der Waals surface area contributed by atoms with E-state index < -0.39 is 0 Å². The Labute approximate surface area is 103 Å². The van der Waals surface area contributed by atoms with Crippen LogP contribution >= 0.6 is 11.3 Å². The third-order valence-corrected chi connectivity index (χ3v) is 4.67. The summed E-state index contributed by atoms with van der Waals surface area (Å²) in [5.41, 5.74) is 6.37. The topological polar surface area (TPSA) is 26.0 Å². The molecule has 0 bridgehead atoms. The SMILES string of the molecule is NC(Cc1cccs1)C1CCCCCCC1. The van der Waals surface area contributed by atoms with Crippen LogP contribution in [0, 0.1) is 5.92 Å². The molecule has 1 fully saturated rings. The summed E-state index contributed by atoms with van der Waals surface area (Å²) in [4.78, 5) is 1.45. The van der Waals surface area contributed by atoms with Crippen molar-refractivity contribution in [2.75, 3.05) is 0 Å². The van der Waals surface area contributed by atoms with Gasteiger partial charge in [0.1, 0.15) is 0 Å². The molecule has 1 saturated carbocycles. The maximum Gasteiger partial charge on any atom is 0.0116 e. The second-order valence-electron chi connectivity index (χ2n) is 5.05. The highest BCUT2D eigenvalue weighted by Crippen LogP contribution is 2.26. The lowest BCUT2D eigenvalue weighted by molar-refractivity contribution is 0.323. The molecule has 1 aromatic rings. The Kier molecular flexibility index (Phi) is 4.86. The summed E-state index contributed by atoms with van der Waals surface area (Å²) < 4.78 is 0. The van der Waals surface area contributed by atoms with Gasteiger partial charge in [0.15, 0.2) is 0 Å². The smallest absolute Gasteiger partial charge is 0.0116 e. The van der Waals surface area contributed by atoms with Gasteiger partial charge in [0.2, 0.25) is 0 Å². The van der Waals surface area contributed by atoms with Crippen molar-refractivity contribution < 1.29 is 0 Å². The van der Waals surface area contributed by atoms with E-state index in [1.807, 2.05) is 11.3 Å². The van der Waals surface area contributed by atoms with Crippen LogP contribution in [0.25, 0.3) is 0 Å². The van der Waals surface area contributed by atoms with Crippen LogP contribution in [0.3, 0.4) is 0 Å². The highest BCUT2D eigenvalue weighted by Gasteiger charge is 2.19. The lowest BCUT2D eigenvalue weighted by Crippen LogP contribution is -2.32. The predicted octanol–water partition coefficient (Wildman–Crippen LogP) is 3.98. The zero-order valence-corrected chi connectivity index (χ0v) is 10.8. The Morgan fingerprint density at radius 3 is 2.50 bits per heavy atom. The number of nitrogens with two attached hydrogens (primary N) is 1. The van der Waals surface area contributed by atoms with Crippen molar-refractivity contribution in [3.63, 3.8) is 0 Å². The van der Waals surface area contributed by atoms with Crippen LogP contribution < -0.4 is 5.73 Å². The van der Waals surface area contributed by atoms with Crippen LogP contribution in [0.1, 0.15) is 49.8 Å². The van der Waals surface area contributed by atoms with E-state index in [9.17, 15) is 0 Å². The van der Waals surface area contributed by atoms with Gasteiger partial charge in [-0.3, -0.25) is 0 Å². The number of thiophene rings is 1. The fourth-order valence-electron chi connectivity index (χ4n) is 2.74. The Balaban J connectivity index is 1.84. The molecule has 2 rings (SSSR count). The molecule has 1 heterocycles. The van der Waals surface area contributed by atoms with Crippen LogP contribution in [0.2, 0.25) is 0 Å². The molecule has 0 radical (unpaired) electrons. The maximum absolute atomic E-state index is 6.37. The van der Waals surface area contributed by atoms with Crippen LogP contribution in [-0.2, 0) is 6.42 Å². The Morgan fingerprint density at radius 1 is 1.19 bits per heavy atom. The first-order valence-corrected chi connectivity index (χ1v) is 7.52. The Hall–Kier alpha value is -0.340. The summed E-state index contributed by atoms with van der Waals surface area (Å²) in [5.74, 6) is 0.766. The molecule has 1 aromatic heterocycles. The number of rotatable bonds is 3. The third-order valence-electron chi connectivity index (χ3n) is 3.77. The zero-order valence-electron chi connectivity index (χ0n) is 10.0. The molecule has 1 unspecified atom stereocenters. The van der Waals surface area contributed by atoms with Crippen LogP contribution in [0.4, 0.5) is 0 Å². The maximum atomic E-state index is 6.37. The number of hydrogen-bond acceptors (Lipinski definition) is 2. The molecule has 2 N–H and O–H groups in total. The molecule has 1 aliphatic rings. The van der Waals surface area contributed by atoms with Gasteiger partial charge < -0.3 is 5.73 Å². The van der Waals surface area contributed by atoms with E-state index in [1.54, 1.807) is 0 Å². The lowest BCUT2D eigenvalue weighted by Gasteiger charge is -2.25. The summed E-state index contributed by atoms with van der Waals surface area (Å²) in [7, 11) is 0. The van der Waals surface area contributed by atoms with Crippen LogP contribution in [0.5, 0.6) is 0 Å². The first kappa shape index (κ1) is 12.1. The molecule has 1 aliphatic carbocycles. The molecular formula is C14H23NS. The van der Waals surface area contributed by atoms with Crippen molar-refractivity contribution >= 4 is 11.3 Å². The van der Waals surface area contributed by atoms with Crippen molar-refractivity contribution in [3.05, 3.63) is 22.4 Å². The lowest BCUT2D eigenvalue weighted by atomic mass is 9.85. The van der Waals surface area contributed by atoms with E-state index in [1.165, 1.54) is 49.8 Å². The molecule has 0 spiro atoms. The second-order valence-corrected chi connectivity index (χ2v) is 6.08. The summed E-state index contributed by atoms with van der Waals surface area (Å²) in [6, 6.07) is 4.73. The van der Waals surface area contributed by atoms with Gasteiger partial charge in [-0.2, -0.15) is 0 Å². The van der Waals surface area contributed by atoms with Gasteiger partial charge in [-0.15, -0.1) is 11.3 Å². The highest BCUT2D eigenvalue weighted by molar-refractivity contribution is 7.09. The molecule has 0 aliphatic heterocycles. The van der Waals surface area contributed by atoms with Crippen molar-refractivity contribution in [3.8, 4) is 0 Å². The molecule has 0 saturated heterocycles. The summed E-state index contributed by atoms with van der Waals surface area (Å²) in [5, 5.41) is 2.15. The minimum atomic E-state index is 0.386. The van der Waals surface area contributed by atoms with Gasteiger partial charge in [0, 0.05) is 10.9 Å². The van der Waals surface area contributed by atoms with Crippen molar-refractivity contribution in [1.82, 2.24) is 0 Å².